The molecule has 4 nitrogen and oxygen atoms in total. The van der Waals surface area contributed by atoms with Crippen LogP contribution >= 0.6 is 0 Å². The lowest BCUT2D eigenvalue weighted by Crippen LogP contribution is -2.42. The summed E-state index contributed by atoms with van der Waals surface area (Å²) in [5.74, 6) is -0.206. The van der Waals surface area contributed by atoms with E-state index in [9.17, 15) is 4.79 Å². The fourth-order valence-electron chi connectivity index (χ4n) is 2.40. The predicted octanol–water partition coefficient (Wildman–Crippen LogP) is 0.717. The normalized spacial score (nSPS) is 19.8. The number of hydrogen-bond donors (Lipinski definition) is 1. The van der Waals surface area contributed by atoms with Gasteiger partial charge in [-0.3, -0.25) is 9.69 Å². The van der Waals surface area contributed by atoms with E-state index in [1.54, 1.807) is 0 Å². The molecule has 1 heterocycles. The fraction of sp³-hybridized carbons (Fsp3) is 0.462. The van der Waals surface area contributed by atoms with E-state index >= 15 is 0 Å². The van der Waals surface area contributed by atoms with Crippen LogP contribution in [-0.4, -0.2) is 37.6 Å². The number of carbonyl (C=O) groups is 1. The highest BCUT2D eigenvalue weighted by molar-refractivity contribution is 5.71. The molecule has 17 heavy (non-hydrogen) atoms. The van der Waals surface area contributed by atoms with E-state index in [0.29, 0.717) is 13.1 Å². The second-order valence-electron chi connectivity index (χ2n) is 4.25. The molecule has 0 aliphatic carbocycles. The van der Waals surface area contributed by atoms with Gasteiger partial charge in [0.2, 0.25) is 0 Å². The first-order chi connectivity index (χ1) is 8.26. The van der Waals surface area contributed by atoms with Crippen LogP contribution in [-0.2, 0) is 16.0 Å². The number of hydrogen-bond acceptors (Lipinski definition) is 4. The maximum Gasteiger partial charge on any atom is 0.319 e. The molecule has 0 radical (unpaired) electrons. The van der Waals surface area contributed by atoms with Crippen molar-refractivity contribution in [1.29, 1.82) is 0 Å². The van der Waals surface area contributed by atoms with Gasteiger partial charge >= 0.3 is 5.97 Å². The lowest BCUT2D eigenvalue weighted by molar-refractivity contribution is -0.142. The Hall–Kier alpha value is -1.39. The quantitative estimate of drug-likeness (QED) is 0.783. The van der Waals surface area contributed by atoms with Crippen molar-refractivity contribution < 1.29 is 9.53 Å². The van der Waals surface area contributed by atoms with Gasteiger partial charge < -0.3 is 10.5 Å². The third-order valence-electron chi connectivity index (χ3n) is 3.31. The van der Waals surface area contributed by atoms with Crippen LogP contribution in [0.1, 0.15) is 17.2 Å². The molecule has 2 rings (SSSR count). The second kappa shape index (κ2) is 5.29. The number of benzene rings is 1. The molecule has 1 aromatic carbocycles. The highest BCUT2D eigenvalue weighted by Gasteiger charge is 2.27. The largest absolute Gasteiger partial charge is 0.468 e. The topological polar surface area (TPSA) is 55.6 Å². The number of ether oxygens (including phenoxy) is 1. The third kappa shape index (κ3) is 2.48. The van der Waals surface area contributed by atoms with Gasteiger partial charge in [-0.2, -0.15) is 0 Å². The number of nitrogens with zero attached hydrogens (tertiary/aromatic N) is 1. The molecule has 0 spiro atoms. The Morgan fingerprint density at radius 1 is 1.53 bits per heavy atom. The van der Waals surface area contributed by atoms with Gasteiger partial charge in [-0.1, -0.05) is 24.3 Å². The first kappa shape index (κ1) is 12.1. The summed E-state index contributed by atoms with van der Waals surface area (Å²) in [6.45, 7) is 1.69. The zero-order chi connectivity index (χ0) is 12.3. The average Bonchev–Trinajstić information content (AvgIpc) is 2.38. The van der Waals surface area contributed by atoms with Crippen molar-refractivity contribution in [3.63, 3.8) is 0 Å². The summed E-state index contributed by atoms with van der Waals surface area (Å²) in [7, 11) is 1.41. The van der Waals surface area contributed by atoms with Gasteiger partial charge in [0.1, 0.15) is 0 Å². The summed E-state index contributed by atoms with van der Waals surface area (Å²) in [6, 6.07) is 8.41. The van der Waals surface area contributed by atoms with Gasteiger partial charge in [-0.25, -0.2) is 0 Å². The minimum atomic E-state index is -0.206. The molecule has 4 heteroatoms. The number of rotatable bonds is 3. The Labute approximate surface area is 101 Å². The van der Waals surface area contributed by atoms with Crippen molar-refractivity contribution in [2.24, 2.45) is 5.73 Å². The number of fused-ring (bicyclic) bond motifs is 1. The van der Waals surface area contributed by atoms with Crippen LogP contribution in [0.3, 0.4) is 0 Å². The molecule has 1 aliphatic rings. The summed E-state index contributed by atoms with van der Waals surface area (Å²) in [5.41, 5.74) is 8.41. The minimum Gasteiger partial charge on any atom is -0.468 e. The van der Waals surface area contributed by atoms with Crippen molar-refractivity contribution in [2.45, 2.75) is 12.5 Å². The Bertz CT molecular complexity index is 406. The molecule has 0 bridgehead atoms. The molecule has 0 fully saturated rings. The Kier molecular flexibility index (Phi) is 3.76. The van der Waals surface area contributed by atoms with Crippen LogP contribution in [0.5, 0.6) is 0 Å². The van der Waals surface area contributed by atoms with Crippen LogP contribution in [0.2, 0.25) is 0 Å². The second-order valence-corrected chi connectivity index (χ2v) is 4.25. The lowest BCUT2D eigenvalue weighted by atomic mass is 9.92. The molecule has 1 aromatic rings. The summed E-state index contributed by atoms with van der Waals surface area (Å²) in [6.07, 6.45) is 0.962. The van der Waals surface area contributed by atoms with Gasteiger partial charge in [0.25, 0.3) is 0 Å². The van der Waals surface area contributed by atoms with Gasteiger partial charge in [-0.05, 0) is 17.5 Å². The Morgan fingerprint density at radius 2 is 2.29 bits per heavy atom. The maximum atomic E-state index is 11.3. The molecule has 0 saturated heterocycles. The van der Waals surface area contributed by atoms with E-state index in [0.717, 1.165) is 13.0 Å². The van der Waals surface area contributed by atoms with Crippen molar-refractivity contribution in [2.75, 3.05) is 26.7 Å². The van der Waals surface area contributed by atoms with E-state index in [1.807, 2.05) is 12.1 Å². The zero-order valence-corrected chi connectivity index (χ0v) is 10.1. The standard InChI is InChI=1S/C13H18N2O2/c1-17-13(16)9-15-7-6-10-4-2-3-5-11(10)12(15)8-14/h2-5,12H,6-9,14H2,1H3. The van der Waals surface area contributed by atoms with E-state index in [4.69, 9.17) is 10.5 Å². The molecule has 1 atom stereocenters. The molecule has 0 amide bonds. The van der Waals surface area contributed by atoms with Crippen LogP contribution in [0.25, 0.3) is 0 Å². The molecule has 1 unspecified atom stereocenters. The number of nitrogens with two attached hydrogens (primary N) is 1. The number of methoxy groups -OCH3 is 1. The fourth-order valence-corrected chi connectivity index (χ4v) is 2.40. The lowest BCUT2D eigenvalue weighted by Gasteiger charge is -2.35. The Morgan fingerprint density at radius 3 is 3.00 bits per heavy atom. The third-order valence-corrected chi connectivity index (χ3v) is 3.31. The Balaban J connectivity index is 2.20. The molecular weight excluding hydrogens is 216 g/mol. The van der Waals surface area contributed by atoms with E-state index in [1.165, 1.54) is 18.2 Å². The zero-order valence-electron chi connectivity index (χ0n) is 10.1. The molecule has 1 aliphatic heterocycles. The SMILES string of the molecule is COC(=O)CN1CCc2ccccc2C1CN. The van der Waals surface area contributed by atoms with Crippen molar-refractivity contribution in [1.82, 2.24) is 4.90 Å². The predicted molar refractivity (Wildman–Crippen MR) is 65.5 cm³/mol. The van der Waals surface area contributed by atoms with Crippen molar-refractivity contribution in [3.05, 3.63) is 35.4 Å². The van der Waals surface area contributed by atoms with Crippen molar-refractivity contribution in [3.8, 4) is 0 Å². The molecule has 2 N–H and O–H groups in total. The van der Waals surface area contributed by atoms with Gasteiger partial charge in [0, 0.05) is 19.1 Å². The van der Waals surface area contributed by atoms with Gasteiger partial charge in [-0.15, -0.1) is 0 Å². The molecular formula is C13H18N2O2. The maximum absolute atomic E-state index is 11.3. The monoisotopic (exact) mass is 234 g/mol. The van der Waals surface area contributed by atoms with E-state index in [2.05, 4.69) is 17.0 Å². The molecule has 0 aromatic heterocycles. The number of carbonyl (C=O) groups excluding carboxylic acids is 1. The van der Waals surface area contributed by atoms with Crippen LogP contribution in [0.15, 0.2) is 24.3 Å². The van der Waals surface area contributed by atoms with E-state index in [-0.39, 0.29) is 12.0 Å². The van der Waals surface area contributed by atoms with Gasteiger partial charge in [0.05, 0.1) is 13.7 Å². The van der Waals surface area contributed by atoms with Gasteiger partial charge in [0.15, 0.2) is 0 Å². The van der Waals surface area contributed by atoms with Crippen LogP contribution in [0.4, 0.5) is 0 Å². The average molecular weight is 234 g/mol. The minimum absolute atomic E-state index is 0.124. The molecule has 0 saturated carbocycles. The van der Waals surface area contributed by atoms with E-state index < -0.39 is 0 Å². The first-order valence-electron chi connectivity index (χ1n) is 5.85. The smallest absolute Gasteiger partial charge is 0.319 e. The summed E-state index contributed by atoms with van der Waals surface area (Å²) < 4.78 is 4.71. The number of esters is 1. The summed E-state index contributed by atoms with van der Waals surface area (Å²) in [5, 5.41) is 0. The molecule has 92 valence electrons. The van der Waals surface area contributed by atoms with Crippen LogP contribution < -0.4 is 5.73 Å². The summed E-state index contributed by atoms with van der Waals surface area (Å²) >= 11 is 0. The van der Waals surface area contributed by atoms with Crippen LogP contribution in [0, 0.1) is 0 Å². The first-order valence-corrected chi connectivity index (χ1v) is 5.85. The highest BCUT2D eigenvalue weighted by Crippen LogP contribution is 2.28. The van der Waals surface area contributed by atoms with Crippen molar-refractivity contribution >= 4 is 5.97 Å². The highest BCUT2D eigenvalue weighted by atomic mass is 16.5. The summed E-state index contributed by atoms with van der Waals surface area (Å²) in [4.78, 5) is 13.4.